The summed E-state index contributed by atoms with van der Waals surface area (Å²) >= 11 is 0. The van der Waals surface area contributed by atoms with Gasteiger partial charge in [-0.25, -0.2) is 0 Å². The van der Waals surface area contributed by atoms with Gasteiger partial charge in [-0.15, -0.1) is 0 Å². The number of hydrogen-bond donors (Lipinski definition) is 1. The first kappa shape index (κ1) is 15.3. The summed E-state index contributed by atoms with van der Waals surface area (Å²) in [5, 5.41) is 15.3. The van der Waals surface area contributed by atoms with Gasteiger partial charge in [0, 0.05) is 11.6 Å². The fourth-order valence-electron chi connectivity index (χ4n) is 2.16. The van der Waals surface area contributed by atoms with Crippen LogP contribution in [0, 0.1) is 11.3 Å². The number of benzene rings is 2. The molecule has 6 nitrogen and oxygen atoms in total. The van der Waals surface area contributed by atoms with Gasteiger partial charge in [-0.2, -0.15) is 5.26 Å². The number of ether oxygens (including phenoxy) is 1. The first-order valence-electron chi connectivity index (χ1n) is 7.18. The molecule has 0 aliphatic carbocycles. The molecule has 1 N–H and O–H groups in total. The summed E-state index contributed by atoms with van der Waals surface area (Å²) in [6.45, 7) is 0.357. The molecular weight excluding hydrogens is 306 g/mol. The Balaban J connectivity index is 1.68. The van der Waals surface area contributed by atoms with Crippen LogP contribution in [0.15, 0.2) is 59.1 Å². The molecule has 24 heavy (non-hydrogen) atoms. The Morgan fingerprint density at radius 1 is 1.21 bits per heavy atom. The molecule has 2 aromatic carbocycles. The lowest BCUT2D eigenvalue weighted by atomic mass is 10.1. The van der Waals surface area contributed by atoms with Crippen molar-refractivity contribution in [1.29, 1.82) is 5.26 Å². The second-order valence-electron chi connectivity index (χ2n) is 4.93. The summed E-state index contributed by atoms with van der Waals surface area (Å²) in [6, 6.07) is 18.4. The number of para-hydroxylation sites is 1. The van der Waals surface area contributed by atoms with Crippen molar-refractivity contribution in [1.82, 2.24) is 5.16 Å². The predicted molar refractivity (Wildman–Crippen MR) is 87.1 cm³/mol. The van der Waals surface area contributed by atoms with Gasteiger partial charge >= 0.3 is 0 Å². The number of carbonyl (C=O) groups is 1. The third kappa shape index (κ3) is 3.42. The highest BCUT2D eigenvalue weighted by Gasteiger charge is 2.07. The number of amides is 1. The maximum atomic E-state index is 10.4. The molecule has 0 atom stereocenters. The van der Waals surface area contributed by atoms with Crippen molar-refractivity contribution in [3.63, 3.8) is 0 Å². The first-order chi connectivity index (χ1) is 11.8. The van der Waals surface area contributed by atoms with E-state index in [2.05, 4.69) is 16.5 Å². The number of nitriles is 1. The molecule has 0 saturated carbocycles. The minimum absolute atomic E-state index is 0.292. The average molecular weight is 319 g/mol. The van der Waals surface area contributed by atoms with Crippen LogP contribution < -0.4 is 10.1 Å². The Labute approximate surface area is 138 Å². The van der Waals surface area contributed by atoms with Crippen LogP contribution in [0.2, 0.25) is 0 Å². The van der Waals surface area contributed by atoms with Gasteiger partial charge in [0.1, 0.15) is 24.1 Å². The maximum Gasteiger partial charge on any atom is 0.231 e. The van der Waals surface area contributed by atoms with Crippen molar-refractivity contribution >= 4 is 12.3 Å². The normalized spacial score (nSPS) is 9.96. The number of hydrogen-bond acceptors (Lipinski definition) is 5. The largest absolute Gasteiger partial charge is 0.488 e. The Hall–Kier alpha value is -3.59. The summed E-state index contributed by atoms with van der Waals surface area (Å²) in [5.41, 5.74) is 2.95. The SMILES string of the molecule is N#Cc1ccccc1OCc1ccc(-c2cc(NC=O)on2)cc1. The fraction of sp³-hybridized carbons (Fsp3) is 0.0556. The molecule has 0 aliphatic rings. The molecule has 118 valence electrons. The van der Waals surface area contributed by atoms with Crippen molar-refractivity contribution in [2.75, 3.05) is 5.32 Å². The van der Waals surface area contributed by atoms with Gasteiger partial charge in [0.25, 0.3) is 0 Å². The van der Waals surface area contributed by atoms with E-state index in [4.69, 9.17) is 14.5 Å². The molecule has 0 unspecified atom stereocenters. The van der Waals surface area contributed by atoms with E-state index in [0.717, 1.165) is 11.1 Å². The Bertz CT molecular complexity index is 879. The molecule has 3 aromatic rings. The van der Waals surface area contributed by atoms with Gasteiger partial charge in [-0.05, 0) is 17.7 Å². The van der Waals surface area contributed by atoms with E-state index in [0.29, 0.717) is 35.9 Å². The zero-order chi connectivity index (χ0) is 16.8. The first-order valence-corrected chi connectivity index (χ1v) is 7.18. The van der Waals surface area contributed by atoms with E-state index in [1.165, 1.54) is 0 Å². The third-order valence-electron chi connectivity index (χ3n) is 3.36. The quantitative estimate of drug-likeness (QED) is 0.704. The van der Waals surface area contributed by atoms with Gasteiger partial charge in [0.15, 0.2) is 0 Å². The van der Waals surface area contributed by atoms with E-state index in [9.17, 15) is 4.79 Å². The van der Waals surface area contributed by atoms with Gasteiger partial charge in [-0.3, -0.25) is 10.1 Å². The lowest BCUT2D eigenvalue weighted by Crippen LogP contribution is -1.97. The maximum absolute atomic E-state index is 10.4. The zero-order valence-corrected chi connectivity index (χ0v) is 12.6. The van der Waals surface area contributed by atoms with Crippen LogP contribution in [0.5, 0.6) is 5.75 Å². The number of rotatable bonds is 6. The van der Waals surface area contributed by atoms with Crippen molar-refractivity contribution in [2.24, 2.45) is 0 Å². The molecule has 1 amide bonds. The van der Waals surface area contributed by atoms with Crippen LogP contribution in [0.3, 0.4) is 0 Å². The minimum atomic E-state index is 0.292. The van der Waals surface area contributed by atoms with Crippen LogP contribution in [0.25, 0.3) is 11.3 Å². The predicted octanol–water partition coefficient (Wildman–Crippen LogP) is 3.36. The molecule has 0 saturated heterocycles. The third-order valence-corrected chi connectivity index (χ3v) is 3.36. The molecule has 0 bridgehead atoms. The zero-order valence-electron chi connectivity index (χ0n) is 12.6. The van der Waals surface area contributed by atoms with Gasteiger partial charge in [0.2, 0.25) is 12.3 Å². The minimum Gasteiger partial charge on any atom is -0.488 e. The van der Waals surface area contributed by atoms with Gasteiger partial charge < -0.3 is 9.26 Å². The van der Waals surface area contributed by atoms with E-state index in [1.807, 2.05) is 30.3 Å². The number of aromatic nitrogens is 1. The molecule has 1 heterocycles. The molecule has 0 fully saturated rings. The Kier molecular flexibility index (Phi) is 4.54. The van der Waals surface area contributed by atoms with Gasteiger partial charge in [0.05, 0.1) is 5.56 Å². The van der Waals surface area contributed by atoms with E-state index in [-0.39, 0.29) is 0 Å². The van der Waals surface area contributed by atoms with Crippen LogP contribution in [0.1, 0.15) is 11.1 Å². The monoisotopic (exact) mass is 319 g/mol. The van der Waals surface area contributed by atoms with E-state index >= 15 is 0 Å². The summed E-state index contributed by atoms with van der Waals surface area (Å²) in [5.74, 6) is 0.852. The number of nitrogens with zero attached hydrogens (tertiary/aromatic N) is 2. The number of anilines is 1. The summed E-state index contributed by atoms with van der Waals surface area (Å²) < 4.78 is 10.7. The van der Waals surface area contributed by atoms with Crippen LogP contribution in [0.4, 0.5) is 5.88 Å². The van der Waals surface area contributed by atoms with Crippen molar-refractivity contribution in [3.05, 3.63) is 65.7 Å². The highest BCUT2D eigenvalue weighted by molar-refractivity contribution is 5.71. The van der Waals surface area contributed by atoms with E-state index < -0.39 is 0 Å². The molecule has 0 aliphatic heterocycles. The molecule has 0 spiro atoms. The smallest absolute Gasteiger partial charge is 0.231 e. The van der Waals surface area contributed by atoms with Crippen molar-refractivity contribution < 1.29 is 14.1 Å². The number of carbonyl (C=O) groups excluding carboxylic acids is 1. The van der Waals surface area contributed by atoms with Crippen LogP contribution >= 0.6 is 0 Å². The molecule has 6 heteroatoms. The highest BCUT2D eigenvalue weighted by Crippen LogP contribution is 2.23. The van der Waals surface area contributed by atoms with Crippen molar-refractivity contribution in [3.8, 4) is 23.1 Å². The Morgan fingerprint density at radius 3 is 2.75 bits per heavy atom. The lowest BCUT2D eigenvalue weighted by Gasteiger charge is -2.08. The standard InChI is InChI=1S/C18H13N3O3/c19-10-15-3-1-2-4-17(15)23-11-13-5-7-14(8-6-13)16-9-18(20-12-22)24-21-16/h1-9,12H,11H2,(H,20,22). The topological polar surface area (TPSA) is 88.1 Å². The number of nitrogens with one attached hydrogen (secondary N) is 1. The summed E-state index contributed by atoms with van der Waals surface area (Å²) in [4.78, 5) is 10.4. The lowest BCUT2D eigenvalue weighted by molar-refractivity contribution is -0.105. The molecule has 1 aromatic heterocycles. The van der Waals surface area contributed by atoms with Crippen molar-refractivity contribution in [2.45, 2.75) is 6.61 Å². The van der Waals surface area contributed by atoms with Gasteiger partial charge in [-0.1, -0.05) is 41.6 Å². The molecule has 0 radical (unpaired) electrons. The summed E-state index contributed by atoms with van der Waals surface area (Å²) in [7, 11) is 0. The second-order valence-corrected chi connectivity index (χ2v) is 4.93. The van der Waals surface area contributed by atoms with Crippen LogP contribution in [-0.2, 0) is 11.4 Å². The summed E-state index contributed by atoms with van der Waals surface area (Å²) in [6.07, 6.45) is 0.532. The highest BCUT2D eigenvalue weighted by atomic mass is 16.5. The second kappa shape index (κ2) is 7.11. The van der Waals surface area contributed by atoms with Crippen LogP contribution in [-0.4, -0.2) is 11.6 Å². The molecular formula is C18H13N3O3. The fourth-order valence-corrected chi connectivity index (χ4v) is 2.16. The van der Waals surface area contributed by atoms with E-state index in [1.54, 1.807) is 24.3 Å². The Morgan fingerprint density at radius 2 is 2.00 bits per heavy atom. The molecule has 3 rings (SSSR count). The average Bonchev–Trinajstić information content (AvgIpc) is 3.09.